The summed E-state index contributed by atoms with van der Waals surface area (Å²) in [5, 5.41) is 6.21. The SMILES string of the molecule is CN=C(NC)NCc1ccc(OC2CCCC2)c(OC)c1. The zero-order valence-electron chi connectivity index (χ0n) is 13.1. The van der Waals surface area contributed by atoms with E-state index in [1.54, 1.807) is 14.2 Å². The summed E-state index contributed by atoms with van der Waals surface area (Å²) in [6, 6.07) is 6.07. The predicted octanol–water partition coefficient (Wildman–Crippen LogP) is 2.31. The third-order valence-electron chi connectivity index (χ3n) is 3.74. The lowest BCUT2D eigenvalue weighted by atomic mass is 10.2. The zero-order valence-corrected chi connectivity index (χ0v) is 13.1. The Morgan fingerprint density at radius 1 is 1.29 bits per heavy atom. The van der Waals surface area contributed by atoms with Gasteiger partial charge < -0.3 is 20.1 Å². The molecule has 2 rings (SSSR count). The van der Waals surface area contributed by atoms with Crippen molar-refractivity contribution in [1.29, 1.82) is 0 Å². The molecule has 0 aliphatic heterocycles. The quantitative estimate of drug-likeness (QED) is 0.646. The highest BCUT2D eigenvalue weighted by Crippen LogP contribution is 2.32. The maximum absolute atomic E-state index is 6.04. The van der Waals surface area contributed by atoms with Crippen molar-refractivity contribution >= 4 is 5.96 Å². The molecular formula is C16H25N3O2. The van der Waals surface area contributed by atoms with Gasteiger partial charge in [-0.3, -0.25) is 4.99 Å². The molecule has 0 heterocycles. The topological polar surface area (TPSA) is 54.9 Å². The first-order valence-electron chi connectivity index (χ1n) is 7.48. The molecule has 0 amide bonds. The van der Waals surface area contributed by atoms with E-state index in [1.807, 2.05) is 19.2 Å². The van der Waals surface area contributed by atoms with Gasteiger partial charge in [-0.05, 0) is 43.4 Å². The standard InChI is InChI=1S/C16H25N3O2/c1-17-16(18-2)19-11-12-8-9-14(15(10-12)20-3)21-13-6-4-5-7-13/h8-10,13H,4-7,11H2,1-3H3,(H2,17,18,19). The summed E-state index contributed by atoms with van der Waals surface area (Å²) in [6.45, 7) is 0.688. The Morgan fingerprint density at radius 2 is 2.05 bits per heavy atom. The van der Waals surface area contributed by atoms with Gasteiger partial charge in [0.15, 0.2) is 17.5 Å². The Kier molecular flexibility index (Phi) is 5.72. The lowest BCUT2D eigenvalue weighted by Crippen LogP contribution is -2.34. The van der Waals surface area contributed by atoms with Gasteiger partial charge in [-0.15, -0.1) is 0 Å². The summed E-state index contributed by atoms with van der Waals surface area (Å²) in [7, 11) is 5.27. The highest BCUT2D eigenvalue weighted by molar-refractivity contribution is 5.79. The normalized spacial score (nSPS) is 15.9. The van der Waals surface area contributed by atoms with Crippen LogP contribution in [0.5, 0.6) is 11.5 Å². The fourth-order valence-electron chi connectivity index (χ4n) is 2.57. The summed E-state index contributed by atoms with van der Waals surface area (Å²) >= 11 is 0. The maximum Gasteiger partial charge on any atom is 0.190 e. The van der Waals surface area contributed by atoms with E-state index in [-0.39, 0.29) is 0 Å². The van der Waals surface area contributed by atoms with Gasteiger partial charge in [0.05, 0.1) is 13.2 Å². The predicted molar refractivity (Wildman–Crippen MR) is 85.1 cm³/mol. The molecule has 116 valence electrons. The first-order chi connectivity index (χ1) is 10.3. The van der Waals surface area contributed by atoms with E-state index < -0.39 is 0 Å². The van der Waals surface area contributed by atoms with Crippen LogP contribution in [-0.2, 0) is 6.54 Å². The van der Waals surface area contributed by atoms with Crippen LogP contribution in [0.1, 0.15) is 31.2 Å². The van der Waals surface area contributed by atoms with E-state index in [0.29, 0.717) is 12.6 Å². The smallest absolute Gasteiger partial charge is 0.190 e. The molecule has 5 heteroatoms. The Morgan fingerprint density at radius 3 is 2.67 bits per heavy atom. The van der Waals surface area contributed by atoms with Crippen LogP contribution in [0.25, 0.3) is 0 Å². The van der Waals surface area contributed by atoms with Crippen molar-refractivity contribution in [3.05, 3.63) is 23.8 Å². The van der Waals surface area contributed by atoms with Gasteiger partial charge >= 0.3 is 0 Å². The lowest BCUT2D eigenvalue weighted by Gasteiger charge is -2.17. The summed E-state index contributed by atoms with van der Waals surface area (Å²) in [5.41, 5.74) is 1.13. The minimum Gasteiger partial charge on any atom is -0.493 e. The Labute approximate surface area is 126 Å². The van der Waals surface area contributed by atoms with Gasteiger partial charge in [-0.2, -0.15) is 0 Å². The van der Waals surface area contributed by atoms with E-state index in [1.165, 1.54) is 12.8 Å². The Balaban J connectivity index is 2.01. The van der Waals surface area contributed by atoms with Crippen LogP contribution < -0.4 is 20.1 Å². The fraction of sp³-hybridized carbons (Fsp3) is 0.562. The monoisotopic (exact) mass is 291 g/mol. The maximum atomic E-state index is 6.04. The minimum atomic E-state index is 0.339. The average molecular weight is 291 g/mol. The molecule has 0 bridgehead atoms. The number of benzene rings is 1. The molecule has 0 aromatic heterocycles. The van der Waals surface area contributed by atoms with Gasteiger partial charge in [0, 0.05) is 20.6 Å². The molecule has 1 saturated carbocycles. The molecule has 1 aromatic rings. The number of hydrogen-bond donors (Lipinski definition) is 2. The van der Waals surface area contributed by atoms with Crippen molar-refractivity contribution in [2.45, 2.75) is 38.3 Å². The molecule has 5 nitrogen and oxygen atoms in total. The van der Waals surface area contributed by atoms with Crippen LogP contribution >= 0.6 is 0 Å². The molecule has 0 saturated heterocycles. The number of aliphatic imine (C=N–C) groups is 1. The molecule has 0 spiro atoms. The lowest BCUT2D eigenvalue weighted by molar-refractivity contribution is 0.200. The number of guanidine groups is 1. The van der Waals surface area contributed by atoms with Crippen LogP contribution in [0.15, 0.2) is 23.2 Å². The third kappa shape index (κ3) is 4.28. The van der Waals surface area contributed by atoms with Crippen LogP contribution in [-0.4, -0.2) is 33.3 Å². The van der Waals surface area contributed by atoms with Crippen molar-refractivity contribution in [3.63, 3.8) is 0 Å². The molecule has 1 aliphatic carbocycles. The average Bonchev–Trinajstić information content (AvgIpc) is 3.02. The number of ether oxygens (including phenoxy) is 2. The Bertz CT molecular complexity index is 482. The zero-order chi connectivity index (χ0) is 15.1. The molecule has 1 aliphatic rings. The molecule has 2 N–H and O–H groups in total. The molecule has 1 aromatic carbocycles. The second kappa shape index (κ2) is 7.76. The summed E-state index contributed by atoms with van der Waals surface area (Å²) in [5.74, 6) is 2.40. The van der Waals surface area contributed by atoms with E-state index in [9.17, 15) is 0 Å². The van der Waals surface area contributed by atoms with Crippen LogP contribution in [0, 0.1) is 0 Å². The third-order valence-corrected chi connectivity index (χ3v) is 3.74. The minimum absolute atomic E-state index is 0.339. The molecule has 1 fully saturated rings. The van der Waals surface area contributed by atoms with Crippen molar-refractivity contribution in [2.24, 2.45) is 4.99 Å². The number of rotatable bonds is 5. The number of hydrogen-bond acceptors (Lipinski definition) is 3. The van der Waals surface area contributed by atoms with E-state index in [0.717, 1.165) is 35.9 Å². The van der Waals surface area contributed by atoms with Gasteiger partial charge in [0.25, 0.3) is 0 Å². The molecular weight excluding hydrogens is 266 g/mol. The highest BCUT2D eigenvalue weighted by atomic mass is 16.5. The number of nitrogens with one attached hydrogen (secondary N) is 2. The van der Waals surface area contributed by atoms with Crippen molar-refractivity contribution < 1.29 is 9.47 Å². The van der Waals surface area contributed by atoms with Gasteiger partial charge in [0.1, 0.15) is 0 Å². The van der Waals surface area contributed by atoms with Gasteiger partial charge in [0.2, 0.25) is 0 Å². The molecule has 0 unspecified atom stereocenters. The van der Waals surface area contributed by atoms with E-state index >= 15 is 0 Å². The highest BCUT2D eigenvalue weighted by Gasteiger charge is 2.18. The van der Waals surface area contributed by atoms with Crippen LogP contribution in [0.2, 0.25) is 0 Å². The van der Waals surface area contributed by atoms with Crippen molar-refractivity contribution in [3.8, 4) is 11.5 Å². The second-order valence-electron chi connectivity index (χ2n) is 5.19. The largest absolute Gasteiger partial charge is 0.493 e. The van der Waals surface area contributed by atoms with E-state index in [4.69, 9.17) is 9.47 Å². The van der Waals surface area contributed by atoms with Crippen LogP contribution in [0.3, 0.4) is 0 Å². The van der Waals surface area contributed by atoms with E-state index in [2.05, 4.69) is 21.7 Å². The van der Waals surface area contributed by atoms with Gasteiger partial charge in [-0.1, -0.05) is 6.07 Å². The summed E-state index contributed by atoms with van der Waals surface area (Å²) < 4.78 is 11.5. The van der Waals surface area contributed by atoms with Crippen molar-refractivity contribution in [1.82, 2.24) is 10.6 Å². The number of methoxy groups -OCH3 is 1. The second-order valence-corrected chi connectivity index (χ2v) is 5.19. The first kappa shape index (κ1) is 15.5. The summed E-state index contributed by atoms with van der Waals surface area (Å²) in [6.07, 6.45) is 5.15. The molecule has 21 heavy (non-hydrogen) atoms. The van der Waals surface area contributed by atoms with Crippen LogP contribution in [0.4, 0.5) is 0 Å². The van der Waals surface area contributed by atoms with Crippen molar-refractivity contribution in [2.75, 3.05) is 21.2 Å². The molecule has 0 atom stereocenters. The molecule has 0 radical (unpaired) electrons. The van der Waals surface area contributed by atoms with Gasteiger partial charge in [-0.25, -0.2) is 0 Å². The Hall–Kier alpha value is -1.91. The number of nitrogens with zero attached hydrogens (tertiary/aromatic N) is 1. The summed E-state index contributed by atoms with van der Waals surface area (Å²) in [4.78, 5) is 4.09. The first-order valence-corrected chi connectivity index (χ1v) is 7.48. The fourth-order valence-corrected chi connectivity index (χ4v) is 2.57.